The number of likely N-dealkylation sites (tertiary alicyclic amines) is 1. The number of nitrogens with one attached hydrogen (secondary N) is 3. The Morgan fingerprint density at radius 2 is 1.50 bits per heavy atom. The van der Waals surface area contributed by atoms with Crippen LogP contribution in [-0.2, 0) is 9.59 Å². The van der Waals surface area contributed by atoms with E-state index in [4.69, 9.17) is 0 Å². The molecule has 0 aromatic heterocycles. The Morgan fingerprint density at radius 3 is 2.09 bits per heavy atom. The molecule has 11 heteroatoms. The van der Waals surface area contributed by atoms with Gasteiger partial charge < -0.3 is 10.2 Å². The van der Waals surface area contributed by atoms with Gasteiger partial charge in [0.1, 0.15) is 11.1 Å². The molecule has 0 radical (unpaired) electrons. The maximum Gasteiger partial charge on any atom is 0.269 e. The fourth-order valence-corrected chi connectivity index (χ4v) is 4.61. The number of halogens is 1. The van der Waals surface area contributed by atoms with E-state index in [0.29, 0.717) is 10.9 Å². The lowest BCUT2D eigenvalue weighted by Gasteiger charge is -2.16. The number of hydrazine groups is 1. The van der Waals surface area contributed by atoms with Gasteiger partial charge in [0.2, 0.25) is 5.91 Å². The van der Waals surface area contributed by atoms with E-state index in [1.165, 1.54) is 36.0 Å². The van der Waals surface area contributed by atoms with Crippen molar-refractivity contribution < 1.29 is 23.6 Å². The fourth-order valence-electron chi connectivity index (χ4n) is 3.50. The zero-order valence-corrected chi connectivity index (χ0v) is 18.9. The molecule has 1 atom stereocenters. The first-order chi connectivity index (χ1) is 16.4. The topological polar surface area (TPSA) is 120 Å². The fraction of sp³-hybridized carbons (Fsp3) is 0.261. The molecule has 2 heterocycles. The molecule has 2 aliphatic rings. The SMILES string of the molecule is O=C(CC1SC(N2CCCC2)=NC1=O)Nc1ccc(C(=O)NNC(=O)c2ccc(F)cc2)cc1. The van der Waals surface area contributed by atoms with Gasteiger partial charge in [0.25, 0.3) is 17.7 Å². The summed E-state index contributed by atoms with van der Waals surface area (Å²) < 4.78 is 12.9. The normalized spacial score (nSPS) is 17.3. The molecule has 3 N–H and O–H groups in total. The predicted molar refractivity (Wildman–Crippen MR) is 126 cm³/mol. The summed E-state index contributed by atoms with van der Waals surface area (Å²) >= 11 is 1.33. The number of carbonyl (C=O) groups excluding carboxylic acids is 4. The Labute approximate surface area is 199 Å². The third kappa shape index (κ3) is 5.79. The molecule has 0 aliphatic carbocycles. The first kappa shape index (κ1) is 23.4. The van der Waals surface area contributed by atoms with Crippen LogP contribution < -0.4 is 16.2 Å². The first-order valence-electron chi connectivity index (χ1n) is 10.7. The number of thioether (sulfide) groups is 1. The van der Waals surface area contributed by atoms with Gasteiger partial charge in [0, 0.05) is 36.3 Å². The standard InChI is InChI=1S/C23H22FN5O4S/c24-16-7-3-14(4-8-16)20(31)27-28-21(32)15-5-9-17(10-6-15)25-19(30)13-18-22(33)26-23(34-18)29-11-1-2-12-29/h3-10,18H,1-2,11-13H2,(H,25,30)(H,27,31)(H,28,32). The van der Waals surface area contributed by atoms with E-state index in [2.05, 4.69) is 26.1 Å². The van der Waals surface area contributed by atoms with E-state index in [1.807, 2.05) is 0 Å². The van der Waals surface area contributed by atoms with E-state index in [0.717, 1.165) is 38.1 Å². The second-order valence-electron chi connectivity index (χ2n) is 7.78. The number of aliphatic imine (C=N–C) groups is 1. The monoisotopic (exact) mass is 483 g/mol. The summed E-state index contributed by atoms with van der Waals surface area (Å²) in [4.78, 5) is 55.0. The molecule has 4 amide bonds. The van der Waals surface area contributed by atoms with Gasteiger partial charge in [-0.1, -0.05) is 11.8 Å². The third-order valence-corrected chi connectivity index (χ3v) is 6.52. The number of amidine groups is 1. The zero-order valence-electron chi connectivity index (χ0n) is 18.0. The summed E-state index contributed by atoms with van der Waals surface area (Å²) in [5, 5.41) is 2.87. The van der Waals surface area contributed by atoms with Gasteiger partial charge in [0.05, 0.1) is 0 Å². The van der Waals surface area contributed by atoms with E-state index >= 15 is 0 Å². The van der Waals surface area contributed by atoms with Crippen molar-refractivity contribution in [2.75, 3.05) is 18.4 Å². The van der Waals surface area contributed by atoms with Gasteiger partial charge in [-0.2, -0.15) is 4.99 Å². The molecule has 1 saturated heterocycles. The Hall–Kier alpha value is -3.73. The van der Waals surface area contributed by atoms with Crippen molar-refractivity contribution in [1.29, 1.82) is 0 Å². The third-order valence-electron chi connectivity index (χ3n) is 5.30. The molecule has 0 spiro atoms. The largest absolute Gasteiger partial charge is 0.351 e. The van der Waals surface area contributed by atoms with Crippen molar-refractivity contribution in [3.63, 3.8) is 0 Å². The zero-order chi connectivity index (χ0) is 24.1. The molecular weight excluding hydrogens is 461 g/mol. The van der Waals surface area contributed by atoms with E-state index in [9.17, 15) is 23.6 Å². The molecule has 4 rings (SSSR count). The summed E-state index contributed by atoms with van der Waals surface area (Å²) in [6.07, 6.45) is 2.16. The van der Waals surface area contributed by atoms with Crippen LogP contribution in [0.4, 0.5) is 10.1 Å². The van der Waals surface area contributed by atoms with Crippen molar-refractivity contribution in [3.05, 3.63) is 65.5 Å². The van der Waals surface area contributed by atoms with Crippen LogP contribution in [0.1, 0.15) is 40.0 Å². The smallest absolute Gasteiger partial charge is 0.269 e. The van der Waals surface area contributed by atoms with E-state index in [-0.39, 0.29) is 29.4 Å². The Balaban J connectivity index is 1.24. The summed E-state index contributed by atoms with van der Waals surface area (Å²) in [5.41, 5.74) is 5.44. The number of hydrogen-bond acceptors (Lipinski definition) is 6. The number of hydrogen-bond donors (Lipinski definition) is 3. The van der Waals surface area contributed by atoms with Crippen LogP contribution >= 0.6 is 11.8 Å². The minimum Gasteiger partial charge on any atom is -0.351 e. The highest BCUT2D eigenvalue weighted by atomic mass is 32.2. The van der Waals surface area contributed by atoms with Gasteiger partial charge in [-0.25, -0.2) is 4.39 Å². The second kappa shape index (κ2) is 10.5. The van der Waals surface area contributed by atoms with Gasteiger partial charge in [-0.3, -0.25) is 30.0 Å². The van der Waals surface area contributed by atoms with Crippen molar-refractivity contribution in [3.8, 4) is 0 Å². The molecule has 0 bridgehead atoms. The Morgan fingerprint density at radius 1 is 0.941 bits per heavy atom. The maximum atomic E-state index is 12.9. The van der Waals surface area contributed by atoms with E-state index < -0.39 is 22.9 Å². The molecule has 0 saturated carbocycles. The summed E-state index contributed by atoms with van der Waals surface area (Å²) in [5.74, 6) is -2.24. The number of carbonyl (C=O) groups is 4. The molecule has 2 aliphatic heterocycles. The van der Waals surface area contributed by atoms with Gasteiger partial charge in [-0.15, -0.1) is 0 Å². The van der Waals surface area contributed by atoms with Crippen molar-refractivity contribution in [2.24, 2.45) is 4.99 Å². The highest BCUT2D eigenvalue weighted by Gasteiger charge is 2.33. The molecule has 9 nitrogen and oxygen atoms in total. The lowest BCUT2D eigenvalue weighted by atomic mass is 10.2. The lowest BCUT2D eigenvalue weighted by molar-refractivity contribution is -0.121. The molecule has 2 aromatic rings. The molecule has 34 heavy (non-hydrogen) atoms. The molecule has 1 fully saturated rings. The van der Waals surface area contributed by atoms with Crippen LogP contribution in [0.15, 0.2) is 53.5 Å². The van der Waals surface area contributed by atoms with Crippen molar-refractivity contribution in [2.45, 2.75) is 24.5 Å². The van der Waals surface area contributed by atoms with Crippen LogP contribution in [0, 0.1) is 5.82 Å². The van der Waals surface area contributed by atoms with Crippen LogP contribution in [0.2, 0.25) is 0 Å². The average Bonchev–Trinajstić information content (AvgIpc) is 3.48. The van der Waals surface area contributed by atoms with Crippen molar-refractivity contribution >= 4 is 46.2 Å². The highest BCUT2D eigenvalue weighted by Crippen LogP contribution is 2.29. The minimum atomic E-state index is -0.589. The Bertz CT molecular complexity index is 1130. The minimum absolute atomic E-state index is 0.00198. The molecular formula is C23H22FN5O4S. The molecule has 2 aromatic carbocycles. The number of rotatable bonds is 5. The quantitative estimate of drug-likeness (QED) is 0.562. The average molecular weight is 484 g/mol. The molecule has 1 unspecified atom stereocenters. The van der Waals surface area contributed by atoms with Crippen LogP contribution in [0.25, 0.3) is 0 Å². The van der Waals surface area contributed by atoms with Gasteiger partial charge in [0.15, 0.2) is 5.17 Å². The summed E-state index contributed by atoms with van der Waals surface area (Å²) in [6, 6.07) is 10.9. The predicted octanol–water partition coefficient (Wildman–Crippen LogP) is 2.32. The lowest BCUT2D eigenvalue weighted by Crippen LogP contribution is -2.41. The van der Waals surface area contributed by atoms with Crippen LogP contribution in [0.5, 0.6) is 0 Å². The van der Waals surface area contributed by atoms with Crippen LogP contribution in [0.3, 0.4) is 0 Å². The number of anilines is 1. The summed E-state index contributed by atoms with van der Waals surface area (Å²) in [6.45, 7) is 1.77. The Kier molecular flexibility index (Phi) is 7.21. The number of benzene rings is 2. The van der Waals surface area contributed by atoms with Gasteiger partial charge >= 0.3 is 0 Å². The maximum absolute atomic E-state index is 12.9. The number of nitrogens with zero attached hydrogens (tertiary/aromatic N) is 2. The second-order valence-corrected chi connectivity index (χ2v) is 8.95. The first-order valence-corrected chi connectivity index (χ1v) is 11.6. The summed E-state index contributed by atoms with van der Waals surface area (Å²) in [7, 11) is 0. The highest BCUT2D eigenvalue weighted by molar-refractivity contribution is 8.15. The number of amides is 4. The van der Waals surface area contributed by atoms with Crippen molar-refractivity contribution in [1.82, 2.24) is 15.8 Å². The molecule has 176 valence electrons. The van der Waals surface area contributed by atoms with E-state index in [1.54, 1.807) is 12.1 Å². The van der Waals surface area contributed by atoms with Gasteiger partial charge in [-0.05, 0) is 61.4 Å². The van der Waals surface area contributed by atoms with Crippen LogP contribution in [-0.4, -0.2) is 52.0 Å².